The largest absolute Gasteiger partial charge is 0.234 e. The molecule has 0 amide bonds. The van der Waals surface area contributed by atoms with Crippen LogP contribution in [0, 0.1) is 0 Å². The lowest BCUT2D eigenvalue weighted by Gasteiger charge is -1.83. The second-order valence-electron chi connectivity index (χ2n) is 1.29. The van der Waals surface area contributed by atoms with Crippen LogP contribution >= 0.6 is 45.2 Å². The average Bonchev–Trinajstić information content (AvgIpc) is 1.93. The van der Waals surface area contributed by atoms with E-state index in [2.05, 4.69) is 61.0 Å². The highest BCUT2D eigenvalue weighted by Gasteiger charge is 1.90. The fourth-order valence-electron chi connectivity index (χ4n) is 0.344. The first kappa shape index (κ1) is 7.43. The molecule has 1 aliphatic heterocycles. The van der Waals surface area contributed by atoms with E-state index in [1.54, 1.807) is 12.3 Å². The van der Waals surface area contributed by atoms with Crippen LogP contribution in [0.3, 0.4) is 0 Å². The van der Waals surface area contributed by atoms with Gasteiger partial charge in [0.25, 0.3) is 0 Å². The van der Waals surface area contributed by atoms with Gasteiger partial charge in [-0.3, -0.25) is 0 Å². The first-order valence-electron chi connectivity index (χ1n) is 2.17. The van der Waals surface area contributed by atoms with Gasteiger partial charge in [0.05, 0.1) is 6.20 Å². The molecule has 0 saturated heterocycles. The standard InChI is InChI=1S/C5H2I2N2/c6-4-1-2-8-3-5(7)9-4/h1,3H. The normalized spacial score (nSPS) is 16.7. The molecule has 0 radical (unpaired) electrons. The third-order valence-corrected chi connectivity index (χ3v) is 1.72. The third-order valence-electron chi connectivity index (χ3n) is 0.643. The summed E-state index contributed by atoms with van der Waals surface area (Å²) in [5.41, 5.74) is 0. The number of hydrogen-bond acceptors (Lipinski definition) is 2. The Morgan fingerprint density at radius 2 is 2.22 bits per heavy atom. The number of hydrogen-bond donors (Lipinski definition) is 0. The van der Waals surface area contributed by atoms with Crippen molar-refractivity contribution in [3.63, 3.8) is 0 Å². The van der Waals surface area contributed by atoms with Gasteiger partial charge in [-0.1, -0.05) is 0 Å². The van der Waals surface area contributed by atoms with Crippen LogP contribution in [0.1, 0.15) is 0 Å². The van der Waals surface area contributed by atoms with E-state index in [0.717, 1.165) is 7.42 Å². The Labute approximate surface area is 80.1 Å². The first-order chi connectivity index (χ1) is 4.29. The first-order valence-corrected chi connectivity index (χ1v) is 4.33. The van der Waals surface area contributed by atoms with Gasteiger partial charge in [-0.25, -0.2) is 9.98 Å². The molecule has 0 aromatic carbocycles. The highest BCUT2D eigenvalue weighted by atomic mass is 127. The van der Waals surface area contributed by atoms with E-state index in [1.807, 2.05) is 0 Å². The summed E-state index contributed by atoms with van der Waals surface area (Å²) in [6, 6.07) is 0. The molecule has 0 aliphatic carbocycles. The summed E-state index contributed by atoms with van der Waals surface area (Å²) in [6.07, 6.45) is 3.41. The van der Waals surface area contributed by atoms with Crippen LogP contribution in [0.5, 0.6) is 0 Å². The topological polar surface area (TPSA) is 24.7 Å². The highest BCUT2D eigenvalue weighted by molar-refractivity contribution is 14.1. The summed E-state index contributed by atoms with van der Waals surface area (Å²) >= 11 is 4.23. The van der Waals surface area contributed by atoms with Crippen molar-refractivity contribution >= 4 is 54.8 Å². The van der Waals surface area contributed by atoms with Crippen LogP contribution in [0.4, 0.5) is 0 Å². The van der Waals surface area contributed by atoms with Gasteiger partial charge in [0, 0.05) is 6.08 Å². The fraction of sp³-hybridized carbons (Fsp3) is 0. The molecule has 0 atom stereocenters. The predicted octanol–water partition coefficient (Wildman–Crippen LogP) is 2.29. The molecule has 4 heteroatoms. The molecular weight excluding hydrogens is 342 g/mol. The Morgan fingerprint density at radius 3 is 3.00 bits per heavy atom. The summed E-state index contributed by atoms with van der Waals surface area (Å²) in [5, 5.41) is 0. The number of allylic oxidation sites excluding steroid dienone is 1. The zero-order chi connectivity index (χ0) is 6.69. The van der Waals surface area contributed by atoms with Crippen LogP contribution in [0.25, 0.3) is 0 Å². The van der Waals surface area contributed by atoms with Gasteiger partial charge < -0.3 is 0 Å². The smallest absolute Gasteiger partial charge is 0.121 e. The Bertz CT molecular complexity index is 233. The van der Waals surface area contributed by atoms with Crippen molar-refractivity contribution in [3.05, 3.63) is 16.0 Å². The molecular formula is C5H2I2N2. The predicted molar refractivity (Wildman–Crippen MR) is 55.6 cm³/mol. The molecule has 0 aromatic rings. The summed E-state index contributed by atoms with van der Waals surface area (Å²) in [7, 11) is 0. The molecule has 1 aliphatic rings. The molecule has 0 N–H and O–H groups in total. The lowest BCUT2D eigenvalue weighted by atomic mass is 10.7. The monoisotopic (exact) mass is 344 g/mol. The van der Waals surface area contributed by atoms with E-state index in [4.69, 9.17) is 0 Å². The van der Waals surface area contributed by atoms with E-state index in [1.165, 1.54) is 0 Å². The number of halogens is 2. The van der Waals surface area contributed by atoms with Gasteiger partial charge in [-0.2, -0.15) is 0 Å². The second kappa shape index (κ2) is 3.48. The zero-order valence-electron chi connectivity index (χ0n) is 4.31. The van der Waals surface area contributed by atoms with E-state index in [-0.39, 0.29) is 0 Å². The maximum Gasteiger partial charge on any atom is 0.121 e. The molecule has 9 heavy (non-hydrogen) atoms. The fourth-order valence-corrected chi connectivity index (χ4v) is 1.60. The Kier molecular flexibility index (Phi) is 2.87. The van der Waals surface area contributed by atoms with E-state index >= 15 is 0 Å². The second-order valence-corrected chi connectivity index (χ2v) is 3.50. The summed E-state index contributed by atoms with van der Waals surface area (Å²) < 4.78 is 1.80. The van der Waals surface area contributed by atoms with Crippen molar-refractivity contribution in [1.82, 2.24) is 0 Å². The van der Waals surface area contributed by atoms with Crippen molar-refractivity contribution in [3.8, 4) is 0 Å². The van der Waals surface area contributed by atoms with E-state index in [9.17, 15) is 0 Å². The minimum Gasteiger partial charge on any atom is -0.234 e. The Morgan fingerprint density at radius 1 is 1.44 bits per heavy atom. The summed E-state index contributed by atoms with van der Waals surface area (Å²) in [4.78, 5) is 7.92. The number of nitrogens with zero attached hydrogens (tertiary/aromatic N) is 2. The molecule has 1 rings (SSSR count). The minimum atomic E-state index is 0.887. The lowest BCUT2D eigenvalue weighted by Crippen LogP contribution is -1.74. The molecule has 0 unspecified atom stereocenters. The third kappa shape index (κ3) is 2.59. The van der Waals surface area contributed by atoms with Crippen LogP contribution in [-0.4, -0.2) is 9.59 Å². The summed E-state index contributed by atoms with van der Waals surface area (Å²) in [5.74, 6) is 2.71. The van der Waals surface area contributed by atoms with Crippen LogP contribution in [-0.2, 0) is 0 Å². The van der Waals surface area contributed by atoms with Gasteiger partial charge in [0.1, 0.15) is 7.42 Å². The molecule has 0 aromatic heterocycles. The molecule has 0 bridgehead atoms. The van der Waals surface area contributed by atoms with Crippen LogP contribution in [0.2, 0.25) is 0 Å². The lowest BCUT2D eigenvalue weighted by molar-refractivity contribution is 1.50. The average molecular weight is 344 g/mol. The van der Waals surface area contributed by atoms with Crippen molar-refractivity contribution in [2.45, 2.75) is 0 Å². The molecule has 1 heterocycles. The number of aliphatic imine (C=N–C) groups is 2. The minimum absolute atomic E-state index is 0.887. The zero-order valence-corrected chi connectivity index (χ0v) is 8.62. The van der Waals surface area contributed by atoms with Gasteiger partial charge in [-0.05, 0) is 51.1 Å². The van der Waals surface area contributed by atoms with Crippen molar-refractivity contribution < 1.29 is 0 Å². The Balaban J connectivity index is 3.00. The molecule has 46 valence electrons. The maximum absolute atomic E-state index is 4.12. The molecule has 0 spiro atoms. The maximum atomic E-state index is 4.12. The van der Waals surface area contributed by atoms with Crippen molar-refractivity contribution in [2.75, 3.05) is 0 Å². The van der Waals surface area contributed by atoms with Crippen molar-refractivity contribution in [2.24, 2.45) is 9.98 Å². The molecule has 0 saturated carbocycles. The molecule has 2 nitrogen and oxygen atoms in total. The van der Waals surface area contributed by atoms with Gasteiger partial charge in [-0.15, -0.1) is 0 Å². The quantitative estimate of drug-likeness (QED) is 0.476. The van der Waals surface area contributed by atoms with Gasteiger partial charge >= 0.3 is 0 Å². The van der Waals surface area contributed by atoms with Gasteiger partial charge in [0.2, 0.25) is 0 Å². The summed E-state index contributed by atoms with van der Waals surface area (Å²) in [6.45, 7) is 0. The van der Waals surface area contributed by atoms with E-state index < -0.39 is 0 Å². The SMILES string of the molecule is IC1=CN=C=CC(I)=N1. The highest BCUT2D eigenvalue weighted by Crippen LogP contribution is 2.11. The van der Waals surface area contributed by atoms with Crippen LogP contribution in [0.15, 0.2) is 26.0 Å². The Hall–Kier alpha value is 0.320. The number of rotatable bonds is 0. The van der Waals surface area contributed by atoms with Gasteiger partial charge in [0.15, 0.2) is 0 Å². The van der Waals surface area contributed by atoms with Crippen molar-refractivity contribution in [1.29, 1.82) is 0 Å². The van der Waals surface area contributed by atoms with Crippen LogP contribution < -0.4 is 0 Å². The van der Waals surface area contributed by atoms with E-state index in [0.29, 0.717) is 0 Å². The molecule has 0 fully saturated rings.